The summed E-state index contributed by atoms with van der Waals surface area (Å²) in [6.45, 7) is 1.26. The Bertz CT molecular complexity index is 1150. The molecule has 4 rings (SSSR count). The lowest BCUT2D eigenvalue weighted by molar-refractivity contribution is 0.0227. The Hall–Kier alpha value is -2.50. The third kappa shape index (κ3) is 5.84. The van der Waals surface area contributed by atoms with Gasteiger partial charge in [-0.05, 0) is 35.4 Å². The van der Waals surface area contributed by atoms with Crippen LogP contribution in [0.2, 0.25) is 15.1 Å². The minimum atomic E-state index is -0.284. The summed E-state index contributed by atoms with van der Waals surface area (Å²) >= 11 is 18.9. The lowest BCUT2D eigenvalue weighted by Gasteiger charge is -2.20. The molecule has 0 fully saturated rings. The fraction of sp³-hybridized carbons (Fsp3) is 0.160. The van der Waals surface area contributed by atoms with Crippen LogP contribution in [0.15, 0.2) is 85.5 Å². The Labute approximate surface area is 202 Å². The third-order valence-corrected chi connectivity index (χ3v) is 5.80. The maximum absolute atomic E-state index is 6.44. The molecule has 1 atom stereocenters. The van der Waals surface area contributed by atoms with Crippen molar-refractivity contribution in [1.29, 1.82) is 0 Å². The number of hydrogen-bond acceptors (Lipinski definition) is 3. The molecule has 4 nitrogen and oxygen atoms in total. The number of halogens is 3. The molecule has 0 N–H and O–H groups in total. The highest BCUT2D eigenvalue weighted by Gasteiger charge is 2.17. The quantitative estimate of drug-likeness (QED) is 0.232. The van der Waals surface area contributed by atoms with Crippen molar-refractivity contribution in [2.45, 2.75) is 12.6 Å². The van der Waals surface area contributed by atoms with E-state index < -0.39 is 0 Å². The van der Waals surface area contributed by atoms with Crippen LogP contribution in [0.5, 0.6) is 5.75 Å². The Kier molecular flexibility index (Phi) is 7.72. The van der Waals surface area contributed by atoms with E-state index in [0.717, 1.165) is 16.7 Å². The summed E-state index contributed by atoms with van der Waals surface area (Å²) in [7, 11) is 0. The van der Waals surface area contributed by atoms with Crippen LogP contribution in [0.3, 0.4) is 0 Å². The SMILES string of the molecule is Clc1ccc(C(Cn2ccnc2)OCCOc2ccc(-c3ccccc3)cc2Cl)c(Cl)c1. The second kappa shape index (κ2) is 10.9. The fourth-order valence-electron chi connectivity index (χ4n) is 3.36. The maximum atomic E-state index is 6.44. The van der Waals surface area contributed by atoms with Gasteiger partial charge >= 0.3 is 0 Å². The van der Waals surface area contributed by atoms with Gasteiger partial charge in [-0.3, -0.25) is 0 Å². The minimum Gasteiger partial charge on any atom is -0.490 e. The van der Waals surface area contributed by atoms with Gasteiger partial charge in [0.25, 0.3) is 0 Å². The van der Waals surface area contributed by atoms with Crippen molar-refractivity contribution >= 4 is 34.8 Å². The van der Waals surface area contributed by atoms with E-state index in [1.807, 2.05) is 65.4 Å². The molecule has 3 aromatic carbocycles. The molecule has 0 aliphatic carbocycles. The molecule has 0 bridgehead atoms. The van der Waals surface area contributed by atoms with Gasteiger partial charge in [0, 0.05) is 28.0 Å². The van der Waals surface area contributed by atoms with E-state index in [-0.39, 0.29) is 6.10 Å². The molecule has 1 unspecified atom stereocenters. The van der Waals surface area contributed by atoms with Crippen molar-refractivity contribution < 1.29 is 9.47 Å². The number of rotatable bonds is 9. The highest BCUT2D eigenvalue weighted by Crippen LogP contribution is 2.31. The fourth-order valence-corrected chi connectivity index (χ4v) is 4.13. The average Bonchev–Trinajstić information content (AvgIpc) is 3.31. The summed E-state index contributed by atoms with van der Waals surface area (Å²) in [5.41, 5.74) is 3.00. The van der Waals surface area contributed by atoms with Crippen molar-refractivity contribution in [2.24, 2.45) is 0 Å². The molecule has 1 aromatic heterocycles. The van der Waals surface area contributed by atoms with Crippen LogP contribution < -0.4 is 4.74 Å². The van der Waals surface area contributed by atoms with E-state index >= 15 is 0 Å². The predicted molar refractivity (Wildman–Crippen MR) is 130 cm³/mol. The molecular weight excluding hydrogens is 467 g/mol. The first-order valence-electron chi connectivity index (χ1n) is 10.1. The number of aromatic nitrogens is 2. The van der Waals surface area contributed by atoms with Gasteiger partial charge in [0.15, 0.2) is 0 Å². The summed E-state index contributed by atoms with van der Waals surface area (Å²) in [5.74, 6) is 0.616. The molecule has 0 saturated carbocycles. The van der Waals surface area contributed by atoms with Crippen LogP contribution in [-0.4, -0.2) is 22.8 Å². The molecule has 4 aromatic rings. The van der Waals surface area contributed by atoms with Crippen molar-refractivity contribution in [2.75, 3.05) is 13.2 Å². The van der Waals surface area contributed by atoms with Crippen molar-refractivity contribution in [3.8, 4) is 16.9 Å². The normalized spacial score (nSPS) is 12.0. The van der Waals surface area contributed by atoms with E-state index in [9.17, 15) is 0 Å². The van der Waals surface area contributed by atoms with Crippen LogP contribution in [-0.2, 0) is 11.3 Å². The van der Waals surface area contributed by atoms with E-state index in [2.05, 4.69) is 4.98 Å². The lowest BCUT2D eigenvalue weighted by atomic mass is 10.1. The van der Waals surface area contributed by atoms with Crippen LogP contribution in [0.25, 0.3) is 11.1 Å². The van der Waals surface area contributed by atoms with E-state index in [4.69, 9.17) is 44.3 Å². The zero-order valence-electron chi connectivity index (χ0n) is 17.1. The Morgan fingerprint density at radius 3 is 2.41 bits per heavy atom. The monoisotopic (exact) mass is 486 g/mol. The summed E-state index contributed by atoms with van der Waals surface area (Å²) < 4.78 is 13.9. The predicted octanol–water partition coefficient (Wildman–Crippen LogP) is 7.35. The molecule has 32 heavy (non-hydrogen) atoms. The van der Waals surface area contributed by atoms with Gasteiger partial charge in [-0.2, -0.15) is 0 Å². The van der Waals surface area contributed by atoms with Crippen molar-refractivity contribution in [1.82, 2.24) is 9.55 Å². The zero-order chi connectivity index (χ0) is 22.3. The molecule has 0 radical (unpaired) electrons. The highest BCUT2D eigenvalue weighted by molar-refractivity contribution is 6.35. The molecule has 0 amide bonds. The molecule has 164 valence electrons. The second-order valence-corrected chi connectivity index (χ2v) is 8.40. The first-order chi connectivity index (χ1) is 15.6. The van der Waals surface area contributed by atoms with E-state index in [1.165, 1.54) is 0 Å². The summed E-state index contributed by atoms with van der Waals surface area (Å²) in [6, 6.07) is 21.2. The van der Waals surface area contributed by atoms with Gasteiger partial charge in [0.1, 0.15) is 18.5 Å². The van der Waals surface area contributed by atoms with Gasteiger partial charge < -0.3 is 14.0 Å². The molecule has 7 heteroatoms. The van der Waals surface area contributed by atoms with E-state index in [1.54, 1.807) is 24.7 Å². The standard InChI is InChI=1S/C25H21Cl3N2O2/c26-20-7-8-21(22(27)15-20)25(16-30-11-10-29-17-30)32-13-12-31-24-9-6-19(14-23(24)28)18-4-2-1-3-5-18/h1-11,14-15,17,25H,12-13,16H2. The topological polar surface area (TPSA) is 36.3 Å². The molecular formula is C25H21Cl3N2O2. The smallest absolute Gasteiger partial charge is 0.138 e. The molecule has 0 aliphatic heterocycles. The number of benzene rings is 3. The first-order valence-corrected chi connectivity index (χ1v) is 11.2. The number of nitrogens with zero attached hydrogens (tertiary/aromatic N) is 2. The minimum absolute atomic E-state index is 0.284. The van der Waals surface area contributed by atoms with Gasteiger partial charge in [-0.15, -0.1) is 0 Å². The molecule has 0 spiro atoms. The van der Waals surface area contributed by atoms with Gasteiger partial charge in [-0.1, -0.05) is 77.3 Å². The molecule has 0 aliphatic rings. The summed E-state index contributed by atoms with van der Waals surface area (Å²) in [6.07, 6.45) is 5.06. The highest BCUT2D eigenvalue weighted by atomic mass is 35.5. The van der Waals surface area contributed by atoms with Gasteiger partial charge in [0.05, 0.1) is 24.5 Å². The zero-order valence-corrected chi connectivity index (χ0v) is 19.4. The van der Waals surface area contributed by atoms with Gasteiger partial charge in [0.2, 0.25) is 0 Å². The van der Waals surface area contributed by atoms with Crippen LogP contribution in [0.4, 0.5) is 0 Å². The Morgan fingerprint density at radius 1 is 0.844 bits per heavy atom. The Balaban J connectivity index is 1.38. The number of imidazole rings is 1. The lowest BCUT2D eigenvalue weighted by Crippen LogP contribution is -2.16. The molecule has 1 heterocycles. The summed E-state index contributed by atoms with van der Waals surface area (Å²) in [5, 5.41) is 1.70. The Morgan fingerprint density at radius 2 is 1.69 bits per heavy atom. The van der Waals surface area contributed by atoms with Crippen LogP contribution in [0.1, 0.15) is 11.7 Å². The third-order valence-electron chi connectivity index (χ3n) is 4.94. The first kappa shape index (κ1) is 22.7. The average molecular weight is 488 g/mol. The molecule has 0 saturated heterocycles. The van der Waals surface area contributed by atoms with Gasteiger partial charge in [-0.25, -0.2) is 4.98 Å². The summed E-state index contributed by atoms with van der Waals surface area (Å²) in [4.78, 5) is 4.09. The number of hydrogen-bond donors (Lipinski definition) is 0. The largest absolute Gasteiger partial charge is 0.490 e. The van der Waals surface area contributed by atoms with Crippen molar-refractivity contribution in [3.05, 3.63) is 106 Å². The number of ether oxygens (including phenoxy) is 2. The van der Waals surface area contributed by atoms with E-state index in [0.29, 0.717) is 40.6 Å². The van der Waals surface area contributed by atoms with Crippen LogP contribution in [0, 0.1) is 0 Å². The van der Waals surface area contributed by atoms with Crippen molar-refractivity contribution in [3.63, 3.8) is 0 Å². The maximum Gasteiger partial charge on any atom is 0.138 e. The second-order valence-electron chi connectivity index (χ2n) is 7.14. The van der Waals surface area contributed by atoms with Crippen LogP contribution >= 0.6 is 34.8 Å².